The third-order valence-corrected chi connectivity index (χ3v) is 4.59. The fraction of sp³-hybridized carbons (Fsp3) is 0.158. The van der Waals surface area contributed by atoms with E-state index < -0.39 is 0 Å². The lowest BCUT2D eigenvalue weighted by Crippen LogP contribution is -2.14. The van der Waals surface area contributed by atoms with Gasteiger partial charge in [-0.15, -0.1) is 0 Å². The van der Waals surface area contributed by atoms with Crippen LogP contribution in [-0.2, 0) is 6.54 Å². The number of nitrogens with one attached hydrogen (secondary N) is 1. The number of halogens is 2. The highest BCUT2D eigenvalue weighted by Crippen LogP contribution is 2.23. The van der Waals surface area contributed by atoms with Crippen molar-refractivity contribution in [1.29, 1.82) is 0 Å². The summed E-state index contributed by atoms with van der Waals surface area (Å²) >= 11 is 12.0. The number of carbonyl (C=O) groups is 1. The molecule has 0 spiro atoms. The first-order valence-corrected chi connectivity index (χ1v) is 8.54. The van der Waals surface area contributed by atoms with Crippen molar-refractivity contribution in [3.63, 3.8) is 0 Å². The predicted molar refractivity (Wildman–Crippen MR) is 102 cm³/mol. The Morgan fingerprint density at radius 2 is 1.88 bits per heavy atom. The number of nitrogens with zero attached hydrogens (tertiary/aromatic N) is 2. The number of amides is 1. The Kier molecular flexibility index (Phi) is 5.11. The molecule has 3 rings (SSSR count). The lowest BCUT2D eigenvalue weighted by Gasteiger charge is -2.07. The van der Waals surface area contributed by atoms with Gasteiger partial charge in [0.15, 0.2) is 5.82 Å². The average molecular weight is 374 g/mol. The van der Waals surface area contributed by atoms with Crippen molar-refractivity contribution >= 4 is 34.9 Å². The second kappa shape index (κ2) is 7.30. The van der Waals surface area contributed by atoms with E-state index >= 15 is 0 Å². The summed E-state index contributed by atoms with van der Waals surface area (Å²) in [7, 11) is 0. The van der Waals surface area contributed by atoms with Crippen LogP contribution in [0.15, 0.2) is 48.7 Å². The predicted octanol–water partition coefficient (Wildman–Crippen LogP) is 5.11. The molecule has 0 fully saturated rings. The number of carbonyl (C=O) groups excluding carboxylic acids is 1. The van der Waals surface area contributed by atoms with Crippen LogP contribution in [0.4, 0.5) is 5.82 Å². The molecule has 0 radical (unpaired) electrons. The second-order valence-electron chi connectivity index (χ2n) is 5.92. The van der Waals surface area contributed by atoms with Crippen molar-refractivity contribution in [2.24, 2.45) is 0 Å². The Hall–Kier alpha value is -2.30. The van der Waals surface area contributed by atoms with Crippen molar-refractivity contribution in [3.8, 4) is 0 Å². The minimum Gasteiger partial charge on any atom is -0.305 e. The Balaban J connectivity index is 1.72. The van der Waals surface area contributed by atoms with E-state index in [-0.39, 0.29) is 5.91 Å². The lowest BCUT2D eigenvalue weighted by molar-refractivity contribution is 0.102. The van der Waals surface area contributed by atoms with Gasteiger partial charge in [-0.05, 0) is 43.2 Å². The van der Waals surface area contributed by atoms with Crippen LogP contribution in [0.2, 0.25) is 10.0 Å². The fourth-order valence-electron chi connectivity index (χ4n) is 2.51. The zero-order valence-corrected chi connectivity index (χ0v) is 15.4. The van der Waals surface area contributed by atoms with E-state index in [4.69, 9.17) is 23.2 Å². The van der Waals surface area contributed by atoms with Crippen molar-refractivity contribution in [1.82, 2.24) is 9.78 Å². The lowest BCUT2D eigenvalue weighted by atomic mass is 10.1. The zero-order valence-electron chi connectivity index (χ0n) is 13.9. The van der Waals surface area contributed by atoms with Gasteiger partial charge in [0, 0.05) is 17.8 Å². The molecule has 2 aromatic carbocycles. The maximum Gasteiger partial charge on any atom is 0.257 e. The van der Waals surface area contributed by atoms with E-state index in [0.717, 1.165) is 16.7 Å². The molecule has 1 N–H and O–H groups in total. The monoisotopic (exact) mass is 373 g/mol. The molecule has 128 valence electrons. The molecule has 1 amide bonds. The normalized spacial score (nSPS) is 10.7. The molecule has 1 aromatic heterocycles. The van der Waals surface area contributed by atoms with Crippen molar-refractivity contribution < 1.29 is 4.79 Å². The van der Waals surface area contributed by atoms with Crippen molar-refractivity contribution in [2.75, 3.05) is 5.32 Å². The van der Waals surface area contributed by atoms with Crippen LogP contribution >= 0.6 is 23.2 Å². The molecule has 0 unspecified atom stereocenters. The molecule has 4 nitrogen and oxygen atoms in total. The number of rotatable bonds is 4. The van der Waals surface area contributed by atoms with Crippen LogP contribution in [0.25, 0.3) is 0 Å². The summed E-state index contributed by atoms with van der Waals surface area (Å²) in [4.78, 5) is 12.4. The number of hydrogen-bond acceptors (Lipinski definition) is 2. The molecule has 0 aliphatic carbocycles. The minimum atomic E-state index is -0.166. The van der Waals surface area contributed by atoms with Gasteiger partial charge < -0.3 is 5.32 Å². The van der Waals surface area contributed by atoms with Crippen molar-refractivity contribution in [3.05, 3.63) is 81.0 Å². The molecule has 0 aliphatic heterocycles. The van der Waals surface area contributed by atoms with Crippen LogP contribution in [-0.4, -0.2) is 15.7 Å². The van der Waals surface area contributed by atoms with Crippen LogP contribution in [0.1, 0.15) is 27.0 Å². The van der Waals surface area contributed by atoms with E-state index in [2.05, 4.69) is 10.4 Å². The molecule has 0 aliphatic rings. The van der Waals surface area contributed by atoms with Gasteiger partial charge >= 0.3 is 0 Å². The van der Waals surface area contributed by atoms with Gasteiger partial charge in [-0.2, -0.15) is 5.10 Å². The summed E-state index contributed by atoms with van der Waals surface area (Å²) in [6.07, 6.45) is 1.81. The smallest absolute Gasteiger partial charge is 0.257 e. The zero-order chi connectivity index (χ0) is 18.0. The molecule has 0 saturated carbocycles. The number of aryl methyl sites for hydroxylation is 2. The average Bonchev–Trinajstić information content (AvgIpc) is 3.00. The van der Waals surface area contributed by atoms with E-state index in [9.17, 15) is 4.79 Å². The second-order valence-corrected chi connectivity index (χ2v) is 6.73. The van der Waals surface area contributed by atoms with Crippen LogP contribution in [0.3, 0.4) is 0 Å². The van der Waals surface area contributed by atoms with Gasteiger partial charge in [-0.1, -0.05) is 47.0 Å². The van der Waals surface area contributed by atoms with E-state index in [1.807, 2.05) is 38.1 Å². The van der Waals surface area contributed by atoms with Gasteiger partial charge in [-0.25, -0.2) is 0 Å². The summed E-state index contributed by atoms with van der Waals surface area (Å²) in [6, 6.07) is 13.0. The molecular formula is C19H17Cl2N3O. The molecule has 6 heteroatoms. The van der Waals surface area contributed by atoms with E-state index in [0.29, 0.717) is 28.0 Å². The van der Waals surface area contributed by atoms with Gasteiger partial charge in [0.05, 0.1) is 16.6 Å². The summed E-state index contributed by atoms with van der Waals surface area (Å²) in [5.41, 5.74) is 3.60. The molecule has 3 aromatic rings. The minimum absolute atomic E-state index is 0.166. The summed E-state index contributed by atoms with van der Waals surface area (Å²) in [6.45, 7) is 4.41. The standard InChI is InChI=1S/C19H17Cl2N3O/c1-12-3-4-13(2)15(9-12)19(25)22-18-7-8-24(23-18)11-14-5-6-16(20)17(21)10-14/h3-10H,11H2,1-2H3,(H,22,23,25). The highest BCUT2D eigenvalue weighted by molar-refractivity contribution is 6.42. The Morgan fingerprint density at radius 3 is 2.64 bits per heavy atom. The largest absolute Gasteiger partial charge is 0.305 e. The molecule has 25 heavy (non-hydrogen) atoms. The first-order valence-electron chi connectivity index (χ1n) is 7.78. The quantitative estimate of drug-likeness (QED) is 0.690. The van der Waals surface area contributed by atoms with Crippen molar-refractivity contribution in [2.45, 2.75) is 20.4 Å². The Labute approximate surface area is 156 Å². The number of anilines is 1. The fourth-order valence-corrected chi connectivity index (χ4v) is 2.83. The first kappa shape index (κ1) is 17.5. The third-order valence-electron chi connectivity index (χ3n) is 3.85. The first-order chi connectivity index (χ1) is 11.9. The highest BCUT2D eigenvalue weighted by atomic mass is 35.5. The topological polar surface area (TPSA) is 46.9 Å². The van der Waals surface area contributed by atoms with Crippen LogP contribution in [0.5, 0.6) is 0 Å². The van der Waals surface area contributed by atoms with Gasteiger partial charge in [0.2, 0.25) is 0 Å². The summed E-state index contributed by atoms with van der Waals surface area (Å²) in [5.74, 6) is 0.340. The Morgan fingerprint density at radius 1 is 1.08 bits per heavy atom. The number of aromatic nitrogens is 2. The maximum absolute atomic E-state index is 12.4. The number of hydrogen-bond donors (Lipinski definition) is 1. The van der Waals surface area contributed by atoms with Gasteiger partial charge in [0.1, 0.15) is 0 Å². The van der Waals surface area contributed by atoms with E-state index in [1.165, 1.54) is 0 Å². The third kappa shape index (κ3) is 4.21. The summed E-state index contributed by atoms with van der Waals surface area (Å²) in [5, 5.41) is 8.25. The van der Waals surface area contributed by atoms with Gasteiger partial charge in [-0.3, -0.25) is 9.48 Å². The molecule has 1 heterocycles. The van der Waals surface area contributed by atoms with E-state index in [1.54, 1.807) is 29.1 Å². The van der Waals surface area contributed by atoms with Gasteiger partial charge in [0.25, 0.3) is 5.91 Å². The highest BCUT2D eigenvalue weighted by Gasteiger charge is 2.11. The Bertz CT molecular complexity index is 934. The molecule has 0 saturated heterocycles. The SMILES string of the molecule is Cc1ccc(C)c(C(=O)Nc2ccn(Cc3ccc(Cl)c(Cl)c3)n2)c1. The summed E-state index contributed by atoms with van der Waals surface area (Å²) < 4.78 is 1.73. The number of benzene rings is 2. The molecule has 0 atom stereocenters. The molecular weight excluding hydrogens is 357 g/mol. The van der Waals surface area contributed by atoms with Crippen LogP contribution in [0, 0.1) is 13.8 Å². The van der Waals surface area contributed by atoms with Crippen LogP contribution < -0.4 is 5.32 Å². The molecule has 0 bridgehead atoms. The maximum atomic E-state index is 12.4.